The van der Waals surface area contributed by atoms with Gasteiger partial charge in [-0.3, -0.25) is 4.79 Å². The van der Waals surface area contributed by atoms with Crippen molar-refractivity contribution < 1.29 is 29.0 Å². The van der Waals surface area contributed by atoms with Crippen molar-refractivity contribution in [1.82, 2.24) is 0 Å². The fourth-order valence-corrected chi connectivity index (χ4v) is 4.45. The van der Waals surface area contributed by atoms with Crippen molar-refractivity contribution in [3.8, 4) is 0 Å². The number of hydrogen-bond donors (Lipinski definition) is 1. The highest BCUT2D eigenvalue weighted by molar-refractivity contribution is 6.00. The molecule has 1 heterocycles. The van der Waals surface area contributed by atoms with Crippen molar-refractivity contribution in [2.24, 2.45) is 17.3 Å². The average molecular weight is 433 g/mol. The van der Waals surface area contributed by atoms with E-state index in [9.17, 15) is 19.5 Å². The molecule has 0 aromatic rings. The summed E-state index contributed by atoms with van der Waals surface area (Å²) in [5.74, 6) is -1.73. The number of Topliss-reactive ketones (excluding diaryl/α,β-unsaturated/α-hetero) is 2. The number of rotatable bonds is 9. The van der Waals surface area contributed by atoms with Crippen LogP contribution in [0.5, 0.6) is 0 Å². The summed E-state index contributed by atoms with van der Waals surface area (Å²) in [6, 6.07) is 0. The van der Waals surface area contributed by atoms with Crippen LogP contribution in [0.3, 0.4) is 0 Å². The Kier molecular flexibility index (Phi) is 8.17. The van der Waals surface area contributed by atoms with Crippen LogP contribution in [-0.4, -0.2) is 41.0 Å². The molecule has 2 aliphatic rings. The molecule has 1 aliphatic carbocycles. The smallest absolute Gasteiger partial charge is 0.335 e. The van der Waals surface area contributed by atoms with Gasteiger partial charge in [0, 0.05) is 24.0 Å². The Morgan fingerprint density at radius 3 is 2.42 bits per heavy atom. The van der Waals surface area contributed by atoms with Crippen LogP contribution in [0.4, 0.5) is 0 Å². The van der Waals surface area contributed by atoms with Gasteiger partial charge >= 0.3 is 5.97 Å². The lowest BCUT2D eigenvalue weighted by Gasteiger charge is -2.38. The van der Waals surface area contributed by atoms with E-state index in [1.165, 1.54) is 19.3 Å². The molecule has 0 saturated carbocycles. The predicted molar refractivity (Wildman–Crippen MR) is 118 cm³/mol. The Morgan fingerprint density at radius 1 is 1.26 bits per heavy atom. The van der Waals surface area contributed by atoms with Gasteiger partial charge in [-0.15, -0.1) is 0 Å². The van der Waals surface area contributed by atoms with Crippen molar-refractivity contribution >= 4 is 17.5 Å². The molecule has 0 amide bonds. The molecule has 0 radical (unpaired) electrons. The second-order valence-corrected chi connectivity index (χ2v) is 9.88. The molecule has 2 rings (SSSR count). The topological polar surface area (TPSA) is 93.2 Å². The average Bonchev–Trinajstić information content (AvgIpc) is 3.29. The number of carbonyl (C=O) groups is 3. The van der Waals surface area contributed by atoms with Crippen molar-refractivity contribution in [1.29, 1.82) is 0 Å². The molecule has 0 aromatic carbocycles. The minimum absolute atomic E-state index is 0.0775. The van der Waals surface area contributed by atoms with Gasteiger partial charge in [-0.05, 0) is 71.3 Å². The number of aliphatic hydroxyl groups excluding tert-OH is 1. The lowest BCUT2D eigenvalue weighted by atomic mass is 9.65. The van der Waals surface area contributed by atoms with Crippen LogP contribution >= 0.6 is 0 Å². The normalized spacial score (nSPS) is 29.8. The molecule has 0 spiro atoms. The van der Waals surface area contributed by atoms with Crippen LogP contribution in [0.25, 0.3) is 0 Å². The van der Waals surface area contributed by atoms with Gasteiger partial charge in [0.05, 0.1) is 24.6 Å². The first-order valence-electron chi connectivity index (χ1n) is 10.9. The van der Waals surface area contributed by atoms with Crippen LogP contribution in [0.1, 0.15) is 67.2 Å². The highest BCUT2D eigenvalue weighted by Gasteiger charge is 2.50. The summed E-state index contributed by atoms with van der Waals surface area (Å²) >= 11 is 0. The molecule has 0 unspecified atom stereocenters. The second-order valence-electron chi connectivity index (χ2n) is 9.88. The highest BCUT2D eigenvalue weighted by atomic mass is 16.6. The second kappa shape index (κ2) is 10.0. The number of allylic oxidation sites excluding steroid dienone is 3. The predicted octanol–water partition coefficient (Wildman–Crippen LogP) is 4.08. The van der Waals surface area contributed by atoms with Gasteiger partial charge in [-0.2, -0.15) is 0 Å². The quantitative estimate of drug-likeness (QED) is 0.255. The van der Waals surface area contributed by atoms with E-state index in [4.69, 9.17) is 9.47 Å². The molecule has 172 valence electrons. The van der Waals surface area contributed by atoms with Crippen molar-refractivity contribution in [2.75, 3.05) is 6.61 Å². The van der Waals surface area contributed by atoms with Crippen molar-refractivity contribution in [3.05, 3.63) is 35.6 Å². The van der Waals surface area contributed by atoms with Gasteiger partial charge in [0.1, 0.15) is 5.78 Å². The number of carbonyl (C=O) groups excluding carboxylic acids is 3. The third-order valence-electron chi connectivity index (χ3n) is 6.40. The van der Waals surface area contributed by atoms with Gasteiger partial charge in [0.15, 0.2) is 5.78 Å². The van der Waals surface area contributed by atoms with E-state index < -0.39 is 11.9 Å². The third kappa shape index (κ3) is 6.71. The van der Waals surface area contributed by atoms with E-state index in [0.29, 0.717) is 12.0 Å². The fourth-order valence-electron chi connectivity index (χ4n) is 4.45. The maximum absolute atomic E-state index is 13.1. The Bertz CT molecular complexity index is 799. The van der Waals surface area contributed by atoms with Gasteiger partial charge in [0.2, 0.25) is 0 Å². The maximum Gasteiger partial charge on any atom is 0.335 e. The van der Waals surface area contributed by atoms with Crippen LogP contribution < -0.4 is 0 Å². The van der Waals surface area contributed by atoms with E-state index in [1.807, 2.05) is 0 Å². The number of epoxide rings is 1. The monoisotopic (exact) mass is 432 g/mol. The molecule has 6 heteroatoms. The summed E-state index contributed by atoms with van der Waals surface area (Å²) in [6.07, 6.45) is 8.70. The molecule has 0 aromatic heterocycles. The van der Waals surface area contributed by atoms with Crippen LogP contribution in [0.15, 0.2) is 35.6 Å². The number of aliphatic hydroxyl groups is 1. The Balaban J connectivity index is 2.35. The standard InChI is InChI=1S/C25H36O6/c1-16(2)13-22(28)30-12-9-20-19(14-17(3)27)23(29)18(15-26)7-10-25(20,6)11-8-21-24(4,5)31-21/h7,9,12-13,19-21,26H,8,10-11,14-15H2,1-6H3/b12-9+/t19-,20-,21-,25+/m0/s1. The van der Waals surface area contributed by atoms with Gasteiger partial charge in [-0.25, -0.2) is 4.79 Å². The third-order valence-corrected chi connectivity index (χ3v) is 6.40. The number of ketones is 2. The molecule has 1 saturated heterocycles. The van der Waals surface area contributed by atoms with Crippen molar-refractivity contribution in [2.45, 2.75) is 78.9 Å². The summed E-state index contributed by atoms with van der Waals surface area (Å²) in [5.41, 5.74) is 0.672. The zero-order valence-corrected chi connectivity index (χ0v) is 19.6. The molecule has 1 N–H and O–H groups in total. The first kappa shape index (κ1) is 25.2. The van der Waals surface area contributed by atoms with Gasteiger partial charge in [-0.1, -0.05) is 18.6 Å². The molecule has 1 aliphatic heterocycles. The van der Waals surface area contributed by atoms with Gasteiger partial charge < -0.3 is 19.4 Å². The Hall–Kier alpha value is -2.05. The first-order chi connectivity index (χ1) is 14.4. The summed E-state index contributed by atoms with van der Waals surface area (Å²) < 4.78 is 11.0. The number of esters is 1. The molecule has 6 nitrogen and oxygen atoms in total. The largest absolute Gasteiger partial charge is 0.432 e. The van der Waals surface area contributed by atoms with Crippen LogP contribution in [-0.2, 0) is 23.9 Å². The Morgan fingerprint density at radius 2 is 1.90 bits per heavy atom. The van der Waals surface area contributed by atoms with E-state index in [-0.39, 0.29) is 47.6 Å². The minimum Gasteiger partial charge on any atom is -0.432 e. The fraction of sp³-hybridized carbons (Fsp3) is 0.640. The SMILES string of the molecule is CC(=O)C[C@@H]1C(=O)C(CO)=CC[C@](C)(CC[C@@H]2OC2(C)C)[C@H]1/C=C/OC(=O)C=C(C)C. The molecular weight excluding hydrogens is 396 g/mol. The van der Waals surface area contributed by atoms with Crippen LogP contribution in [0, 0.1) is 17.3 Å². The molecule has 0 bridgehead atoms. The first-order valence-corrected chi connectivity index (χ1v) is 10.9. The molecule has 1 fully saturated rings. The van der Waals surface area contributed by atoms with E-state index in [0.717, 1.165) is 18.4 Å². The molecular formula is C25H36O6. The summed E-state index contributed by atoms with van der Waals surface area (Å²) in [6.45, 7) is 10.9. The Labute approximate surface area is 185 Å². The summed E-state index contributed by atoms with van der Waals surface area (Å²) in [4.78, 5) is 37.1. The van der Waals surface area contributed by atoms with Gasteiger partial charge in [0.25, 0.3) is 0 Å². The zero-order chi connectivity index (χ0) is 23.4. The minimum atomic E-state index is -0.616. The zero-order valence-electron chi connectivity index (χ0n) is 19.6. The summed E-state index contributed by atoms with van der Waals surface area (Å²) in [5, 5.41) is 9.74. The summed E-state index contributed by atoms with van der Waals surface area (Å²) in [7, 11) is 0. The highest BCUT2D eigenvalue weighted by Crippen LogP contribution is 2.49. The molecule has 31 heavy (non-hydrogen) atoms. The number of ether oxygens (including phenoxy) is 2. The van der Waals surface area contributed by atoms with E-state index >= 15 is 0 Å². The van der Waals surface area contributed by atoms with E-state index in [1.54, 1.807) is 26.0 Å². The molecule has 4 atom stereocenters. The van der Waals surface area contributed by atoms with Crippen LogP contribution in [0.2, 0.25) is 0 Å². The lowest BCUT2D eigenvalue weighted by Crippen LogP contribution is -2.36. The maximum atomic E-state index is 13.1. The number of hydrogen-bond acceptors (Lipinski definition) is 6. The lowest BCUT2D eigenvalue weighted by molar-refractivity contribution is -0.132. The van der Waals surface area contributed by atoms with E-state index in [2.05, 4.69) is 20.8 Å². The van der Waals surface area contributed by atoms with Crippen molar-refractivity contribution in [3.63, 3.8) is 0 Å².